The molecule has 27 heavy (non-hydrogen) atoms. The zero-order chi connectivity index (χ0) is 19.6. The maximum atomic E-state index is 12.7. The van der Waals surface area contributed by atoms with E-state index in [1.54, 1.807) is 6.92 Å². The highest BCUT2D eigenvalue weighted by Gasteiger charge is 2.44. The van der Waals surface area contributed by atoms with Crippen molar-refractivity contribution in [1.82, 2.24) is 20.0 Å². The monoisotopic (exact) mass is 375 g/mol. The molecule has 0 spiro atoms. The summed E-state index contributed by atoms with van der Waals surface area (Å²) in [6.07, 6.45) is 2.14. The first-order valence-corrected chi connectivity index (χ1v) is 9.12. The van der Waals surface area contributed by atoms with Gasteiger partial charge in [0.05, 0.1) is 5.71 Å². The molecule has 2 aliphatic heterocycles. The maximum absolute atomic E-state index is 12.7. The number of hydrogen-bond donors (Lipinski definition) is 1. The highest BCUT2D eigenvalue weighted by atomic mass is 16.7. The number of hydrogen-bond acceptors (Lipinski definition) is 6. The Morgan fingerprint density at radius 3 is 2.63 bits per heavy atom. The van der Waals surface area contributed by atoms with Crippen LogP contribution in [-0.2, 0) is 16.7 Å². The van der Waals surface area contributed by atoms with Crippen LogP contribution in [0.3, 0.4) is 0 Å². The van der Waals surface area contributed by atoms with Crippen LogP contribution < -0.4 is 10.9 Å². The fraction of sp³-hybridized carbons (Fsp3) is 0.611. The Hall–Kier alpha value is -2.71. The van der Waals surface area contributed by atoms with E-state index < -0.39 is 5.60 Å². The van der Waals surface area contributed by atoms with E-state index in [1.165, 1.54) is 19.2 Å². The highest BCUT2D eigenvalue weighted by Crippen LogP contribution is 2.28. The van der Waals surface area contributed by atoms with Gasteiger partial charge in [0, 0.05) is 39.2 Å². The number of aryl methyl sites for hydroxylation is 1. The molecule has 146 valence electrons. The van der Waals surface area contributed by atoms with Gasteiger partial charge in [-0.05, 0) is 38.7 Å². The minimum Gasteiger partial charge on any atom is -0.379 e. The minimum absolute atomic E-state index is 0.0278. The van der Waals surface area contributed by atoms with Gasteiger partial charge in [-0.25, -0.2) is 4.68 Å². The van der Waals surface area contributed by atoms with E-state index in [0.717, 1.165) is 23.2 Å². The molecule has 1 N–H and O–H groups in total. The standard InChI is InChI=1S/C18H25N5O4/c1-12-10-18(2,27-21-12)17(26)23-8-6-13(7-9-23)11-19-16(25)14-4-5-15(24)22(3)20-14/h4-5,13H,6-11H2,1-3H3,(H,19,25). The van der Waals surface area contributed by atoms with Gasteiger partial charge in [-0.1, -0.05) is 5.16 Å². The Kier molecular flexibility index (Phi) is 5.29. The lowest BCUT2D eigenvalue weighted by atomic mass is 9.93. The van der Waals surface area contributed by atoms with Crippen LogP contribution in [0.1, 0.15) is 43.6 Å². The second-order valence-corrected chi connectivity index (χ2v) is 7.45. The average molecular weight is 375 g/mol. The van der Waals surface area contributed by atoms with Crippen LogP contribution in [0.5, 0.6) is 0 Å². The number of piperidine rings is 1. The molecule has 3 rings (SSSR count). The van der Waals surface area contributed by atoms with Crippen LogP contribution in [0, 0.1) is 5.92 Å². The second-order valence-electron chi connectivity index (χ2n) is 7.45. The summed E-state index contributed by atoms with van der Waals surface area (Å²) in [4.78, 5) is 43.4. The van der Waals surface area contributed by atoms with Crippen molar-refractivity contribution >= 4 is 17.5 Å². The van der Waals surface area contributed by atoms with E-state index in [4.69, 9.17) is 4.84 Å². The van der Waals surface area contributed by atoms with Gasteiger partial charge in [0.15, 0.2) is 0 Å². The van der Waals surface area contributed by atoms with Crippen LogP contribution in [0.25, 0.3) is 0 Å². The third-order valence-corrected chi connectivity index (χ3v) is 5.09. The van der Waals surface area contributed by atoms with Crippen LogP contribution in [0.2, 0.25) is 0 Å². The quantitative estimate of drug-likeness (QED) is 0.815. The van der Waals surface area contributed by atoms with E-state index in [0.29, 0.717) is 32.0 Å². The second kappa shape index (κ2) is 7.50. The molecule has 1 aromatic heterocycles. The van der Waals surface area contributed by atoms with Crippen molar-refractivity contribution < 1.29 is 14.4 Å². The number of rotatable bonds is 4. The number of oxime groups is 1. The van der Waals surface area contributed by atoms with Gasteiger partial charge >= 0.3 is 0 Å². The van der Waals surface area contributed by atoms with Gasteiger partial charge in [-0.2, -0.15) is 5.10 Å². The maximum Gasteiger partial charge on any atom is 0.271 e. The Morgan fingerprint density at radius 1 is 1.33 bits per heavy atom. The first-order valence-electron chi connectivity index (χ1n) is 9.12. The first-order chi connectivity index (χ1) is 12.8. The molecule has 0 bridgehead atoms. The summed E-state index contributed by atoms with van der Waals surface area (Å²) in [5.74, 6) is -0.0376. The number of nitrogens with one attached hydrogen (secondary N) is 1. The molecule has 3 heterocycles. The van der Waals surface area contributed by atoms with Crippen molar-refractivity contribution in [2.24, 2.45) is 18.1 Å². The van der Waals surface area contributed by atoms with Gasteiger partial charge in [-0.15, -0.1) is 0 Å². The van der Waals surface area contributed by atoms with Crippen molar-refractivity contribution in [2.45, 2.75) is 38.7 Å². The van der Waals surface area contributed by atoms with Gasteiger partial charge in [-0.3, -0.25) is 14.4 Å². The summed E-state index contributed by atoms with van der Waals surface area (Å²) in [5, 5.41) is 10.7. The fourth-order valence-corrected chi connectivity index (χ4v) is 3.47. The van der Waals surface area contributed by atoms with E-state index in [-0.39, 0.29) is 23.1 Å². The van der Waals surface area contributed by atoms with E-state index in [9.17, 15) is 14.4 Å². The van der Waals surface area contributed by atoms with Crippen LogP contribution >= 0.6 is 0 Å². The largest absolute Gasteiger partial charge is 0.379 e. The van der Waals surface area contributed by atoms with Crippen molar-refractivity contribution in [1.29, 1.82) is 0 Å². The van der Waals surface area contributed by atoms with Crippen LogP contribution in [-0.4, -0.2) is 57.4 Å². The summed E-state index contributed by atoms with van der Waals surface area (Å²) in [6.45, 7) is 5.42. The number of carbonyl (C=O) groups excluding carboxylic acids is 2. The number of nitrogens with zero attached hydrogens (tertiary/aromatic N) is 4. The van der Waals surface area contributed by atoms with Crippen LogP contribution in [0.4, 0.5) is 0 Å². The number of carbonyl (C=O) groups is 2. The van der Waals surface area contributed by atoms with E-state index in [2.05, 4.69) is 15.6 Å². The van der Waals surface area contributed by atoms with Crippen LogP contribution in [0.15, 0.2) is 22.1 Å². The minimum atomic E-state index is -0.889. The summed E-state index contributed by atoms with van der Waals surface area (Å²) in [6, 6.07) is 2.74. The zero-order valence-corrected chi connectivity index (χ0v) is 15.9. The molecule has 0 radical (unpaired) electrons. The summed E-state index contributed by atoms with van der Waals surface area (Å²) >= 11 is 0. The third kappa shape index (κ3) is 4.17. The number of amides is 2. The lowest BCUT2D eigenvalue weighted by molar-refractivity contribution is -0.154. The van der Waals surface area contributed by atoms with E-state index >= 15 is 0 Å². The van der Waals surface area contributed by atoms with Crippen molar-refractivity contribution in [3.63, 3.8) is 0 Å². The molecule has 2 aliphatic rings. The third-order valence-electron chi connectivity index (χ3n) is 5.09. The summed E-state index contributed by atoms with van der Waals surface area (Å²) in [5.41, 5.74) is -0.106. The summed E-state index contributed by atoms with van der Waals surface area (Å²) < 4.78 is 1.14. The molecule has 1 fully saturated rings. The molecule has 0 aliphatic carbocycles. The Labute approximate surface area is 157 Å². The molecule has 0 saturated carbocycles. The molecule has 9 nitrogen and oxygen atoms in total. The van der Waals surface area contributed by atoms with Gasteiger partial charge in [0.1, 0.15) is 5.69 Å². The smallest absolute Gasteiger partial charge is 0.271 e. The predicted molar refractivity (Wildman–Crippen MR) is 98.3 cm³/mol. The zero-order valence-electron chi connectivity index (χ0n) is 15.9. The van der Waals surface area contributed by atoms with Gasteiger partial charge in [0.25, 0.3) is 17.4 Å². The van der Waals surface area contributed by atoms with Crippen molar-refractivity contribution in [3.05, 3.63) is 28.2 Å². The predicted octanol–water partition coefficient (Wildman–Crippen LogP) is 0.304. The molecule has 1 atom stereocenters. The van der Waals surface area contributed by atoms with Crippen molar-refractivity contribution in [3.8, 4) is 0 Å². The molecule has 1 saturated heterocycles. The topological polar surface area (TPSA) is 106 Å². The molecule has 9 heteroatoms. The Balaban J connectivity index is 1.47. The summed E-state index contributed by atoms with van der Waals surface area (Å²) in [7, 11) is 1.51. The molecule has 1 aromatic rings. The Bertz CT molecular complexity index is 825. The normalized spacial score (nSPS) is 22.9. The molecular formula is C18H25N5O4. The average Bonchev–Trinajstić information content (AvgIpc) is 3.02. The first kappa shape index (κ1) is 19.1. The highest BCUT2D eigenvalue weighted by molar-refractivity contribution is 5.94. The molecule has 0 aromatic carbocycles. The molecule has 2 amide bonds. The van der Waals surface area contributed by atoms with Gasteiger partial charge < -0.3 is 15.1 Å². The molecular weight excluding hydrogens is 350 g/mol. The lowest BCUT2D eigenvalue weighted by Crippen LogP contribution is -2.50. The SMILES string of the molecule is CC1=NOC(C)(C(=O)N2CCC(CNC(=O)c3ccc(=O)n(C)n3)CC2)C1. The fourth-order valence-electron chi connectivity index (χ4n) is 3.47. The lowest BCUT2D eigenvalue weighted by Gasteiger charge is -2.35. The molecule has 1 unspecified atom stereocenters. The Morgan fingerprint density at radius 2 is 2.04 bits per heavy atom. The van der Waals surface area contributed by atoms with Gasteiger partial charge in [0.2, 0.25) is 5.60 Å². The van der Waals surface area contributed by atoms with Crippen molar-refractivity contribution in [2.75, 3.05) is 19.6 Å². The number of aromatic nitrogens is 2. The number of likely N-dealkylation sites (tertiary alicyclic amines) is 1. The van der Waals surface area contributed by atoms with E-state index in [1.807, 2.05) is 11.8 Å².